The van der Waals surface area contributed by atoms with Gasteiger partial charge in [0.2, 0.25) is 5.91 Å². The van der Waals surface area contributed by atoms with Crippen molar-refractivity contribution in [2.24, 2.45) is 0 Å². The molecule has 0 saturated carbocycles. The fourth-order valence-corrected chi connectivity index (χ4v) is 3.78. The van der Waals surface area contributed by atoms with Crippen molar-refractivity contribution >= 4 is 35.3 Å². The summed E-state index contributed by atoms with van der Waals surface area (Å²) in [4.78, 5) is 12.0. The predicted octanol–water partition coefficient (Wildman–Crippen LogP) is 4.05. The quantitative estimate of drug-likeness (QED) is 0.546. The Bertz CT molecular complexity index is 924. The molecule has 0 fully saturated rings. The number of nitriles is 1. The van der Waals surface area contributed by atoms with E-state index in [0.717, 1.165) is 22.6 Å². The number of carbonyl (C=O) groups excluding carboxylic acids is 1. The van der Waals surface area contributed by atoms with E-state index in [1.165, 1.54) is 6.08 Å². The van der Waals surface area contributed by atoms with Crippen LogP contribution in [-0.4, -0.2) is 31.4 Å². The molecule has 0 aliphatic carbocycles. The van der Waals surface area contributed by atoms with Gasteiger partial charge in [-0.3, -0.25) is 4.79 Å². The molecule has 28 heavy (non-hydrogen) atoms. The second-order valence-electron chi connectivity index (χ2n) is 5.97. The first kappa shape index (κ1) is 20.1. The molecule has 1 N–H and O–H groups in total. The Morgan fingerprint density at radius 3 is 2.96 bits per heavy atom. The number of ether oxygens (including phenoxy) is 2. The van der Waals surface area contributed by atoms with Gasteiger partial charge in [-0.2, -0.15) is 17.0 Å². The Morgan fingerprint density at radius 2 is 2.11 bits per heavy atom. The van der Waals surface area contributed by atoms with Crippen molar-refractivity contribution in [1.82, 2.24) is 5.32 Å². The molecular weight excluding hydrogens is 396 g/mol. The molecule has 0 aromatic heterocycles. The summed E-state index contributed by atoms with van der Waals surface area (Å²) in [5.41, 5.74) is 2.48. The summed E-state index contributed by atoms with van der Waals surface area (Å²) in [6.45, 7) is 1.50. The van der Waals surface area contributed by atoms with Crippen molar-refractivity contribution in [2.45, 2.75) is 5.75 Å². The van der Waals surface area contributed by atoms with Crippen LogP contribution in [0.4, 0.5) is 0 Å². The van der Waals surface area contributed by atoms with Crippen LogP contribution >= 0.6 is 23.4 Å². The summed E-state index contributed by atoms with van der Waals surface area (Å²) in [6, 6.07) is 13.3. The average molecular weight is 415 g/mol. The SMILES string of the molecule is N#Cc1ccccc1CSCCNC(=O)/C=C/c1cc(Cl)c2c(c1)OCCO2. The van der Waals surface area contributed by atoms with Crippen LogP contribution in [0.5, 0.6) is 11.5 Å². The van der Waals surface area contributed by atoms with Gasteiger partial charge in [0.05, 0.1) is 16.7 Å². The second kappa shape index (κ2) is 10.1. The van der Waals surface area contributed by atoms with E-state index in [0.29, 0.717) is 41.8 Å². The van der Waals surface area contributed by atoms with Crippen molar-refractivity contribution in [2.75, 3.05) is 25.5 Å². The van der Waals surface area contributed by atoms with E-state index in [1.54, 1.807) is 30.0 Å². The number of hydrogen-bond acceptors (Lipinski definition) is 5. The Kier molecular flexibility index (Phi) is 7.24. The molecule has 0 saturated heterocycles. The maximum absolute atomic E-state index is 12.0. The molecule has 144 valence electrons. The van der Waals surface area contributed by atoms with Gasteiger partial charge in [0, 0.05) is 24.1 Å². The number of nitrogens with one attached hydrogen (secondary N) is 1. The van der Waals surface area contributed by atoms with Gasteiger partial charge in [-0.05, 0) is 35.4 Å². The lowest BCUT2D eigenvalue weighted by atomic mass is 10.1. The van der Waals surface area contributed by atoms with E-state index in [1.807, 2.05) is 24.3 Å². The van der Waals surface area contributed by atoms with Crippen LogP contribution in [0.2, 0.25) is 5.02 Å². The number of halogens is 1. The number of benzene rings is 2. The number of carbonyl (C=O) groups is 1. The van der Waals surface area contributed by atoms with Gasteiger partial charge in [0.1, 0.15) is 13.2 Å². The third-order valence-electron chi connectivity index (χ3n) is 3.99. The van der Waals surface area contributed by atoms with Gasteiger partial charge >= 0.3 is 0 Å². The van der Waals surface area contributed by atoms with Crippen LogP contribution in [-0.2, 0) is 10.5 Å². The molecule has 2 aromatic rings. The Balaban J connectivity index is 1.43. The largest absolute Gasteiger partial charge is 0.486 e. The van der Waals surface area contributed by atoms with E-state index < -0.39 is 0 Å². The summed E-state index contributed by atoms with van der Waals surface area (Å²) in [5, 5.41) is 12.4. The van der Waals surface area contributed by atoms with Crippen LogP contribution < -0.4 is 14.8 Å². The molecule has 0 unspecified atom stereocenters. The van der Waals surface area contributed by atoms with Crippen LogP contribution in [0.1, 0.15) is 16.7 Å². The first-order valence-electron chi connectivity index (χ1n) is 8.78. The molecule has 0 spiro atoms. The van der Waals surface area contributed by atoms with Crippen LogP contribution in [0.15, 0.2) is 42.5 Å². The van der Waals surface area contributed by atoms with E-state index in [-0.39, 0.29) is 5.91 Å². The highest BCUT2D eigenvalue weighted by Crippen LogP contribution is 2.38. The second-order valence-corrected chi connectivity index (χ2v) is 7.49. The number of fused-ring (bicyclic) bond motifs is 1. The van der Waals surface area contributed by atoms with Crippen LogP contribution in [0.25, 0.3) is 6.08 Å². The zero-order valence-electron chi connectivity index (χ0n) is 15.1. The van der Waals surface area contributed by atoms with E-state index in [4.69, 9.17) is 26.3 Å². The lowest BCUT2D eigenvalue weighted by Gasteiger charge is -2.19. The molecule has 1 aliphatic heterocycles. The fourth-order valence-electron chi connectivity index (χ4n) is 2.64. The molecular formula is C21H19ClN2O3S. The molecule has 1 aliphatic rings. The van der Waals surface area contributed by atoms with E-state index in [9.17, 15) is 4.79 Å². The topological polar surface area (TPSA) is 71.4 Å². The molecule has 1 amide bonds. The summed E-state index contributed by atoms with van der Waals surface area (Å²) < 4.78 is 11.0. The van der Waals surface area contributed by atoms with Gasteiger partial charge < -0.3 is 14.8 Å². The first-order chi connectivity index (χ1) is 13.7. The Morgan fingerprint density at radius 1 is 1.29 bits per heavy atom. The van der Waals surface area contributed by atoms with Crippen LogP contribution in [0.3, 0.4) is 0 Å². The number of thioether (sulfide) groups is 1. The Labute approximate surface area is 173 Å². The normalized spacial score (nSPS) is 12.6. The van der Waals surface area contributed by atoms with Gasteiger partial charge in [-0.25, -0.2) is 0 Å². The van der Waals surface area contributed by atoms with Crippen molar-refractivity contribution in [3.05, 3.63) is 64.2 Å². The molecule has 0 bridgehead atoms. The smallest absolute Gasteiger partial charge is 0.244 e. The van der Waals surface area contributed by atoms with E-state index >= 15 is 0 Å². The Hall–Kier alpha value is -2.62. The molecule has 0 radical (unpaired) electrons. The third-order valence-corrected chi connectivity index (χ3v) is 5.28. The maximum Gasteiger partial charge on any atom is 0.244 e. The predicted molar refractivity (Wildman–Crippen MR) is 112 cm³/mol. The highest BCUT2D eigenvalue weighted by atomic mass is 35.5. The molecule has 1 heterocycles. The zero-order chi connectivity index (χ0) is 19.8. The fraction of sp³-hybridized carbons (Fsp3) is 0.238. The number of rotatable bonds is 7. The van der Waals surface area contributed by atoms with Crippen molar-refractivity contribution in [1.29, 1.82) is 5.26 Å². The number of hydrogen-bond donors (Lipinski definition) is 1. The molecule has 5 nitrogen and oxygen atoms in total. The minimum Gasteiger partial charge on any atom is -0.486 e. The van der Waals surface area contributed by atoms with E-state index in [2.05, 4.69) is 11.4 Å². The average Bonchev–Trinajstić information content (AvgIpc) is 2.72. The van der Waals surface area contributed by atoms with Gasteiger partial charge in [0.15, 0.2) is 11.5 Å². The van der Waals surface area contributed by atoms with Crippen molar-refractivity contribution in [3.63, 3.8) is 0 Å². The van der Waals surface area contributed by atoms with Gasteiger partial charge in [-0.15, -0.1) is 0 Å². The summed E-state index contributed by atoms with van der Waals surface area (Å²) >= 11 is 7.86. The van der Waals surface area contributed by atoms with Crippen molar-refractivity contribution in [3.8, 4) is 17.6 Å². The summed E-state index contributed by atoms with van der Waals surface area (Å²) in [6.07, 6.45) is 3.16. The molecule has 7 heteroatoms. The standard InChI is InChI=1S/C21H19ClN2O3S/c22-18-11-15(12-19-21(18)27-9-8-26-19)5-6-20(25)24-7-10-28-14-17-4-2-1-3-16(17)13-23/h1-6,11-12H,7-10,14H2,(H,24,25)/b6-5+. The maximum atomic E-state index is 12.0. The number of amides is 1. The lowest BCUT2D eigenvalue weighted by molar-refractivity contribution is -0.116. The molecule has 2 aromatic carbocycles. The monoisotopic (exact) mass is 414 g/mol. The number of nitrogens with zero attached hydrogens (tertiary/aromatic N) is 1. The highest BCUT2D eigenvalue weighted by Gasteiger charge is 2.15. The minimum absolute atomic E-state index is 0.177. The third kappa shape index (κ3) is 5.44. The minimum atomic E-state index is -0.177. The summed E-state index contributed by atoms with van der Waals surface area (Å²) in [5.74, 6) is 2.46. The van der Waals surface area contributed by atoms with Crippen LogP contribution in [0, 0.1) is 11.3 Å². The van der Waals surface area contributed by atoms with Gasteiger partial charge in [0.25, 0.3) is 0 Å². The summed E-state index contributed by atoms with van der Waals surface area (Å²) in [7, 11) is 0. The zero-order valence-corrected chi connectivity index (χ0v) is 16.7. The molecule has 3 rings (SSSR count). The van der Waals surface area contributed by atoms with Gasteiger partial charge in [-0.1, -0.05) is 29.8 Å². The molecule has 0 atom stereocenters. The highest BCUT2D eigenvalue weighted by molar-refractivity contribution is 7.98. The van der Waals surface area contributed by atoms with Crippen molar-refractivity contribution < 1.29 is 14.3 Å². The first-order valence-corrected chi connectivity index (χ1v) is 10.3. The lowest BCUT2D eigenvalue weighted by Crippen LogP contribution is -2.23.